The summed E-state index contributed by atoms with van der Waals surface area (Å²) in [5.41, 5.74) is 0.807. The van der Waals surface area contributed by atoms with Crippen LogP contribution in [0.4, 0.5) is 8.78 Å². The van der Waals surface area contributed by atoms with Gasteiger partial charge in [-0.1, -0.05) is 44.0 Å². The third-order valence-corrected chi connectivity index (χ3v) is 11.5. The molecule has 1 aliphatic carbocycles. The zero-order valence-electron chi connectivity index (χ0n) is 16.5. The molecule has 0 bridgehead atoms. The standard InChI is InChI=1S/C20H31Cl2F2NOSi/c1-4-27(5-2,6-3)26-18(19-16(21)13-25-14-17(19)22)8-7-15-9-11-20(23,24)12-10-15/h13-15,18H,4-12H2,1-3H3. The van der Waals surface area contributed by atoms with Gasteiger partial charge < -0.3 is 4.43 Å². The topological polar surface area (TPSA) is 22.1 Å². The maximum Gasteiger partial charge on any atom is 0.248 e. The van der Waals surface area contributed by atoms with Gasteiger partial charge in [0.1, 0.15) is 0 Å². The lowest BCUT2D eigenvalue weighted by molar-refractivity contribution is -0.0474. The summed E-state index contributed by atoms with van der Waals surface area (Å²) < 4.78 is 33.7. The molecule has 0 N–H and O–H groups in total. The van der Waals surface area contributed by atoms with Crippen LogP contribution >= 0.6 is 23.2 Å². The molecule has 7 heteroatoms. The molecule has 0 spiro atoms. The van der Waals surface area contributed by atoms with Gasteiger partial charge in [-0.2, -0.15) is 0 Å². The van der Waals surface area contributed by atoms with Crippen LogP contribution in [0.3, 0.4) is 0 Å². The van der Waals surface area contributed by atoms with Gasteiger partial charge in [-0.15, -0.1) is 0 Å². The molecule has 1 saturated carbocycles. The first-order chi connectivity index (χ1) is 12.8. The van der Waals surface area contributed by atoms with Crippen molar-refractivity contribution in [1.29, 1.82) is 0 Å². The SMILES string of the molecule is CC[Si](CC)(CC)OC(CCC1CCC(F)(F)CC1)c1c(Cl)cncc1Cl. The summed E-state index contributed by atoms with van der Waals surface area (Å²) in [6.07, 6.45) is 5.79. The Hall–Kier alpha value is -0.233. The van der Waals surface area contributed by atoms with Crippen LogP contribution in [0.25, 0.3) is 0 Å². The van der Waals surface area contributed by atoms with E-state index in [1.807, 2.05) is 0 Å². The highest BCUT2D eigenvalue weighted by molar-refractivity contribution is 6.73. The van der Waals surface area contributed by atoms with E-state index in [1.165, 1.54) is 0 Å². The molecular weight excluding hydrogens is 407 g/mol. The first kappa shape index (κ1) is 23.0. The number of pyridine rings is 1. The highest BCUT2D eigenvalue weighted by Crippen LogP contribution is 2.42. The van der Waals surface area contributed by atoms with E-state index in [1.54, 1.807) is 12.4 Å². The van der Waals surface area contributed by atoms with Crippen molar-refractivity contribution < 1.29 is 13.2 Å². The van der Waals surface area contributed by atoms with Gasteiger partial charge in [0, 0.05) is 30.8 Å². The number of hydrogen-bond acceptors (Lipinski definition) is 2. The average Bonchev–Trinajstić information content (AvgIpc) is 2.64. The molecule has 1 heterocycles. The van der Waals surface area contributed by atoms with Gasteiger partial charge in [-0.25, -0.2) is 8.78 Å². The summed E-state index contributed by atoms with van der Waals surface area (Å²) in [5, 5.41) is 1.04. The predicted molar refractivity (Wildman–Crippen MR) is 111 cm³/mol. The van der Waals surface area contributed by atoms with Crippen LogP contribution in [0.1, 0.15) is 71.0 Å². The van der Waals surface area contributed by atoms with Crippen LogP contribution in [0.5, 0.6) is 0 Å². The normalized spacial score (nSPS) is 19.2. The molecule has 0 aliphatic heterocycles. The van der Waals surface area contributed by atoms with Crippen molar-refractivity contribution in [1.82, 2.24) is 4.98 Å². The lowest BCUT2D eigenvalue weighted by Crippen LogP contribution is -2.37. The van der Waals surface area contributed by atoms with Crippen molar-refractivity contribution in [3.05, 3.63) is 28.0 Å². The first-order valence-electron chi connectivity index (χ1n) is 10.1. The fraction of sp³-hybridized carbons (Fsp3) is 0.750. The van der Waals surface area contributed by atoms with Crippen LogP contribution in [-0.4, -0.2) is 19.2 Å². The largest absolute Gasteiger partial charge is 0.410 e. The Kier molecular flexibility index (Phi) is 8.53. The zero-order valence-corrected chi connectivity index (χ0v) is 19.1. The smallest absolute Gasteiger partial charge is 0.248 e. The van der Waals surface area contributed by atoms with Crippen molar-refractivity contribution >= 4 is 31.5 Å². The molecule has 0 amide bonds. The minimum Gasteiger partial charge on any atom is -0.410 e. The Bertz CT molecular complexity index is 575. The fourth-order valence-corrected chi connectivity index (χ4v) is 7.52. The van der Waals surface area contributed by atoms with Crippen molar-refractivity contribution in [2.24, 2.45) is 5.92 Å². The molecule has 1 aromatic rings. The van der Waals surface area contributed by atoms with Gasteiger partial charge in [0.15, 0.2) is 8.32 Å². The van der Waals surface area contributed by atoms with Crippen LogP contribution in [0.15, 0.2) is 12.4 Å². The third kappa shape index (κ3) is 6.12. The minimum atomic E-state index is -2.49. The minimum absolute atomic E-state index is 0.00245. The molecule has 1 aliphatic rings. The summed E-state index contributed by atoms with van der Waals surface area (Å²) >= 11 is 12.9. The van der Waals surface area contributed by atoms with Gasteiger partial charge >= 0.3 is 0 Å². The van der Waals surface area contributed by atoms with Gasteiger partial charge in [0.05, 0.1) is 16.1 Å². The molecule has 1 aromatic heterocycles. The van der Waals surface area contributed by atoms with E-state index in [0.717, 1.165) is 36.5 Å². The fourth-order valence-electron chi connectivity index (χ4n) is 4.07. The second kappa shape index (κ2) is 9.99. The molecule has 2 nitrogen and oxygen atoms in total. The van der Waals surface area contributed by atoms with E-state index in [-0.39, 0.29) is 18.9 Å². The molecule has 0 radical (unpaired) electrons. The number of hydrogen-bond donors (Lipinski definition) is 0. The van der Waals surface area contributed by atoms with Crippen molar-refractivity contribution in [3.63, 3.8) is 0 Å². The molecule has 27 heavy (non-hydrogen) atoms. The molecular formula is C20H31Cl2F2NOSi. The number of halogens is 4. The summed E-state index contributed by atoms with van der Waals surface area (Å²) in [6.45, 7) is 6.57. The monoisotopic (exact) mass is 437 g/mol. The number of nitrogens with zero attached hydrogens (tertiary/aromatic N) is 1. The van der Waals surface area contributed by atoms with E-state index >= 15 is 0 Å². The number of alkyl halides is 2. The summed E-state index contributed by atoms with van der Waals surface area (Å²) in [6, 6.07) is 3.10. The highest BCUT2D eigenvalue weighted by Gasteiger charge is 2.37. The van der Waals surface area contributed by atoms with E-state index in [9.17, 15) is 8.78 Å². The third-order valence-electron chi connectivity index (χ3n) is 6.21. The number of aromatic nitrogens is 1. The Morgan fingerprint density at radius 3 is 2.11 bits per heavy atom. The molecule has 1 atom stereocenters. The van der Waals surface area contributed by atoms with Gasteiger partial charge in [0.2, 0.25) is 5.92 Å². The predicted octanol–water partition coefficient (Wildman–Crippen LogP) is 8.06. The number of rotatable bonds is 9. The molecule has 1 fully saturated rings. The quantitative estimate of drug-likeness (QED) is 0.364. The van der Waals surface area contributed by atoms with Crippen molar-refractivity contribution in [2.75, 3.05) is 0 Å². The second-order valence-electron chi connectivity index (χ2n) is 7.74. The van der Waals surface area contributed by atoms with E-state index in [4.69, 9.17) is 27.6 Å². The van der Waals surface area contributed by atoms with Crippen LogP contribution in [0, 0.1) is 5.92 Å². The van der Waals surface area contributed by atoms with Crippen molar-refractivity contribution in [3.8, 4) is 0 Å². The molecule has 0 aromatic carbocycles. The Balaban J connectivity index is 2.17. The molecule has 2 rings (SSSR count). The summed E-state index contributed by atoms with van der Waals surface area (Å²) in [7, 11) is -1.88. The van der Waals surface area contributed by atoms with E-state index in [0.29, 0.717) is 28.8 Å². The Morgan fingerprint density at radius 2 is 1.63 bits per heavy atom. The van der Waals surface area contributed by atoms with Gasteiger partial charge in [-0.05, 0) is 49.7 Å². The highest BCUT2D eigenvalue weighted by atomic mass is 35.5. The van der Waals surface area contributed by atoms with Crippen LogP contribution in [0.2, 0.25) is 28.2 Å². The molecule has 154 valence electrons. The summed E-state index contributed by atoms with van der Waals surface area (Å²) in [4.78, 5) is 4.06. The molecule has 1 unspecified atom stereocenters. The average molecular weight is 438 g/mol. The maximum absolute atomic E-state index is 13.4. The summed E-state index contributed by atoms with van der Waals surface area (Å²) in [5.74, 6) is -2.17. The lowest BCUT2D eigenvalue weighted by Gasteiger charge is -2.35. The Morgan fingerprint density at radius 1 is 1.11 bits per heavy atom. The van der Waals surface area contributed by atoms with Crippen LogP contribution in [-0.2, 0) is 4.43 Å². The second-order valence-corrected chi connectivity index (χ2v) is 13.3. The van der Waals surface area contributed by atoms with Gasteiger partial charge in [-0.3, -0.25) is 4.98 Å². The Labute approximate surface area is 173 Å². The van der Waals surface area contributed by atoms with Gasteiger partial charge in [0.25, 0.3) is 0 Å². The maximum atomic E-state index is 13.4. The van der Waals surface area contributed by atoms with E-state index < -0.39 is 14.2 Å². The lowest BCUT2D eigenvalue weighted by atomic mass is 9.83. The molecule has 0 saturated heterocycles. The van der Waals surface area contributed by atoms with E-state index in [2.05, 4.69) is 25.8 Å². The van der Waals surface area contributed by atoms with Crippen molar-refractivity contribution in [2.45, 2.75) is 89.5 Å². The zero-order chi connectivity index (χ0) is 20.1. The first-order valence-corrected chi connectivity index (χ1v) is 13.4. The van der Waals surface area contributed by atoms with Crippen LogP contribution < -0.4 is 0 Å².